The molecule has 0 fully saturated rings. The van der Waals surface area contributed by atoms with Crippen LogP contribution in [0.4, 0.5) is 0 Å². The van der Waals surface area contributed by atoms with Gasteiger partial charge in [0.2, 0.25) is 0 Å². The zero-order valence-electron chi connectivity index (χ0n) is 14.0. The Kier molecular flexibility index (Phi) is 6.85. The van der Waals surface area contributed by atoms with Gasteiger partial charge in [-0.15, -0.1) is 0 Å². The van der Waals surface area contributed by atoms with Crippen molar-refractivity contribution in [2.24, 2.45) is 5.73 Å². The van der Waals surface area contributed by atoms with Crippen LogP contribution in [0.15, 0.2) is 66.2 Å². The molecular weight excluding hydrogens is 284 g/mol. The van der Waals surface area contributed by atoms with E-state index in [2.05, 4.69) is 49.5 Å². The van der Waals surface area contributed by atoms with Gasteiger partial charge < -0.3 is 15.8 Å². The molecule has 1 atom stereocenters. The molecule has 1 unspecified atom stereocenters. The van der Waals surface area contributed by atoms with Crippen LogP contribution in [0.3, 0.4) is 0 Å². The van der Waals surface area contributed by atoms with Crippen LogP contribution in [0, 0.1) is 0 Å². The van der Waals surface area contributed by atoms with Gasteiger partial charge in [-0.05, 0) is 37.1 Å². The number of hydrogen-bond donors (Lipinski definition) is 2. The van der Waals surface area contributed by atoms with Crippen molar-refractivity contribution >= 4 is 0 Å². The van der Waals surface area contributed by atoms with Crippen LogP contribution >= 0.6 is 0 Å². The summed E-state index contributed by atoms with van der Waals surface area (Å²) in [7, 11) is 0. The van der Waals surface area contributed by atoms with Crippen molar-refractivity contribution in [3.05, 3.63) is 77.4 Å². The molecule has 122 valence electrons. The van der Waals surface area contributed by atoms with Crippen molar-refractivity contribution in [1.29, 1.82) is 0 Å². The molecule has 0 bridgehead atoms. The third-order valence-electron chi connectivity index (χ3n) is 3.64. The van der Waals surface area contributed by atoms with E-state index in [1.54, 1.807) is 0 Å². The molecule has 0 radical (unpaired) electrons. The lowest BCUT2D eigenvalue weighted by molar-refractivity contribution is 0.306. The van der Waals surface area contributed by atoms with Gasteiger partial charge in [0.05, 0.1) is 0 Å². The minimum atomic E-state index is 0.161. The Labute approximate surface area is 139 Å². The third-order valence-corrected chi connectivity index (χ3v) is 3.64. The Bertz CT molecular complexity index is 601. The molecule has 0 aliphatic carbocycles. The number of benzene rings is 2. The summed E-state index contributed by atoms with van der Waals surface area (Å²) in [5.41, 5.74) is 9.53. The average Bonchev–Trinajstić information content (AvgIpc) is 2.58. The molecule has 0 spiro atoms. The molecule has 3 heteroatoms. The first-order chi connectivity index (χ1) is 11.2. The average molecular weight is 310 g/mol. The Morgan fingerprint density at radius 3 is 2.39 bits per heavy atom. The first-order valence-electron chi connectivity index (χ1n) is 8.02. The third kappa shape index (κ3) is 5.89. The van der Waals surface area contributed by atoms with Crippen molar-refractivity contribution in [1.82, 2.24) is 5.32 Å². The lowest BCUT2D eigenvalue weighted by Crippen LogP contribution is -2.28. The zero-order chi connectivity index (χ0) is 16.5. The standard InChI is InChI=1S/C20H26N2O/c1-16(2)12-13-22-20(14-21)18-8-10-19(11-9-18)23-15-17-6-4-3-5-7-17/h3-12,20,22H,13-15,21H2,1-2H3. The molecule has 0 aliphatic rings. The van der Waals surface area contributed by atoms with E-state index in [1.807, 2.05) is 30.3 Å². The van der Waals surface area contributed by atoms with Crippen molar-refractivity contribution in [2.75, 3.05) is 13.1 Å². The molecular formula is C20H26N2O. The van der Waals surface area contributed by atoms with E-state index in [-0.39, 0.29) is 6.04 Å². The molecule has 0 aliphatic heterocycles. The molecule has 3 N–H and O–H groups in total. The lowest BCUT2D eigenvalue weighted by atomic mass is 10.1. The smallest absolute Gasteiger partial charge is 0.119 e. The van der Waals surface area contributed by atoms with Gasteiger partial charge in [-0.25, -0.2) is 0 Å². The largest absolute Gasteiger partial charge is 0.489 e. The Balaban J connectivity index is 1.91. The van der Waals surface area contributed by atoms with E-state index < -0.39 is 0 Å². The fourth-order valence-corrected chi connectivity index (χ4v) is 2.28. The van der Waals surface area contributed by atoms with Gasteiger partial charge in [0, 0.05) is 19.1 Å². The van der Waals surface area contributed by atoms with E-state index in [0.29, 0.717) is 13.2 Å². The van der Waals surface area contributed by atoms with Gasteiger partial charge in [-0.1, -0.05) is 54.1 Å². The maximum atomic E-state index is 5.88. The molecule has 2 aromatic carbocycles. The monoisotopic (exact) mass is 310 g/mol. The molecule has 3 nitrogen and oxygen atoms in total. The molecule has 0 aromatic heterocycles. The molecule has 0 amide bonds. The Hall–Kier alpha value is -2.10. The lowest BCUT2D eigenvalue weighted by Gasteiger charge is -2.17. The van der Waals surface area contributed by atoms with Crippen LogP contribution in [0.1, 0.15) is 31.0 Å². The first kappa shape index (κ1) is 17.3. The van der Waals surface area contributed by atoms with Gasteiger partial charge in [0.25, 0.3) is 0 Å². The number of hydrogen-bond acceptors (Lipinski definition) is 3. The predicted molar refractivity (Wildman–Crippen MR) is 96.4 cm³/mol. The summed E-state index contributed by atoms with van der Waals surface area (Å²) in [5, 5.41) is 3.45. The van der Waals surface area contributed by atoms with Crippen molar-refractivity contribution in [3.63, 3.8) is 0 Å². The van der Waals surface area contributed by atoms with Gasteiger partial charge in [-0.3, -0.25) is 0 Å². The van der Waals surface area contributed by atoms with Crippen molar-refractivity contribution < 1.29 is 4.74 Å². The van der Waals surface area contributed by atoms with Gasteiger partial charge in [0.15, 0.2) is 0 Å². The number of rotatable bonds is 8. The summed E-state index contributed by atoms with van der Waals surface area (Å²) >= 11 is 0. The number of ether oxygens (including phenoxy) is 1. The number of nitrogens with two attached hydrogens (primary N) is 1. The molecule has 0 saturated carbocycles. The topological polar surface area (TPSA) is 47.3 Å². The summed E-state index contributed by atoms with van der Waals surface area (Å²) in [5.74, 6) is 0.873. The predicted octanol–water partition coefficient (Wildman–Crippen LogP) is 3.82. The highest BCUT2D eigenvalue weighted by atomic mass is 16.5. The molecule has 0 saturated heterocycles. The SMILES string of the molecule is CC(C)=CCNC(CN)c1ccc(OCc2ccccc2)cc1. The van der Waals surface area contributed by atoms with Crippen LogP contribution in [0.25, 0.3) is 0 Å². The molecule has 23 heavy (non-hydrogen) atoms. The maximum Gasteiger partial charge on any atom is 0.119 e. The number of allylic oxidation sites excluding steroid dienone is 1. The summed E-state index contributed by atoms with van der Waals surface area (Å²) in [6.07, 6.45) is 2.17. The van der Waals surface area contributed by atoms with Gasteiger partial charge >= 0.3 is 0 Å². The van der Waals surface area contributed by atoms with Crippen LogP contribution < -0.4 is 15.8 Å². The molecule has 2 aromatic rings. The van der Waals surface area contributed by atoms with Crippen molar-refractivity contribution in [2.45, 2.75) is 26.5 Å². The highest BCUT2D eigenvalue weighted by molar-refractivity contribution is 5.30. The highest BCUT2D eigenvalue weighted by Crippen LogP contribution is 2.18. The van der Waals surface area contributed by atoms with E-state index in [0.717, 1.165) is 12.3 Å². The fraction of sp³-hybridized carbons (Fsp3) is 0.300. The van der Waals surface area contributed by atoms with Gasteiger partial charge in [-0.2, -0.15) is 0 Å². The fourth-order valence-electron chi connectivity index (χ4n) is 2.28. The summed E-state index contributed by atoms with van der Waals surface area (Å²) in [6, 6.07) is 18.5. The minimum Gasteiger partial charge on any atom is -0.489 e. The van der Waals surface area contributed by atoms with Gasteiger partial charge in [0.1, 0.15) is 12.4 Å². The summed E-state index contributed by atoms with van der Waals surface area (Å²) in [4.78, 5) is 0. The van der Waals surface area contributed by atoms with Crippen molar-refractivity contribution in [3.8, 4) is 5.75 Å². The highest BCUT2D eigenvalue weighted by Gasteiger charge is 2.08. The Morgan fingerprint density at radius 1 is 1.09 bits per heavy atom. The molecule has 0 heterocycles. The van der Waals surface area contributed by atoms with Crippen LogP contribution in [0.2, 0.25) is 0 Å². The minimum absolute atomic E-state index is 0.161. The normalized spacial score (nSPS) is 11.8. The van der Waals surface area contributed by atoms with E-state index in [9.17, 15) is 0 Å². The zero-order valence-corrected chi connectivity index (χ0v) is 14.0. The van der Waals surface area contributed by atoms with E-state index in [1.165, 1.54) is 16.7 Å². The van der Waals surface area contributed by atoms with Crippen LogP contribution in [-0.4, -0.2) is 13.1 Å². The second-order valence-corrected chi connectivity index (χ2v) is 5.82. The van der Waals surface area contributed by atoms with E-state index in [4.69, 9.17) is 10.5 Å². The van der Waals surface area contributed by atoms with Crippen LogP contribution in [-0.2, 0) is 6.61 Å². The summed E-state index contributed by atoms with van der Waals surface area (Å²) in [6.45, 7) is 6.17. The molecule has 2 rings (SSSR count). The van der Waals surface area contributed by atoms with Crippen LogP contribution in [0.5, 0.6) is 5.75 Å². The Morgan fingerprint density at radius 2 is 1.78 bits per heavy atom. The van der Waals surface area contributed by atoms with E-state index >= 15 is 0 Å². The first-order valence-corrected chi connectivity index (χ1v) is 8.02. The second-order valence-electron chi connectivity index (χ2n) is 5.82. The quantitative estimate of drug-likeness (QED) is 0.729. The maximum absolute atomic E-state index is 5.88. The summed E-state index contributed by atoms with van der Waals surface area (Å²) < 4.78 is 5.81. The second kappa shape index (κ2) is 9.13. The number of nitrogens with one attached hydrogen (secondary N) is 1.